The van der Waals surface area contributed by atoms with E-state index in [-0.39, 0.29) is 16.1 Å². The molecule has 2 atom stereocenters. The van der Waals surface area contributed by atoms with Crippen LogP contribution >= 0.6 is 24.0 Å². The summed E-state index contributed by atoms with van der Waals surface area (Å²) in [6, 6.07) is 3.26. The van der Waals surface area contributed by atoms with Crippen molar-refractivity contribution in [2.75, 3.05) is 18.0 Å². The van der Waals surface area contributed by atoms with Crippen LogP contribution in [0.2, 0.25) is 0 Å². The molecule has 2 N–H and O–H groups in total. The first-order valence-electron chi connectivity index (χ1n) is 10.8. The number of nitrogens with zero attached hydrogens (tertiary/aromatic N) is 5. The maximum atomic E-state index is 13.3. The van der Waals surface area contributed by atoms with Gasteiger partial charge in [0.05, 0.1) is 21.5 Å². The second-order valence-corrected chi connectivity index (χ2v) is 13.2. The van der Waals surface area contributed by atoms with Crippen molar-refractivity contribution in [1.82, 2.24) is 30.0 Å². The molecule has 5 rings (SSSR count). The molecule has 1 aliphatic heterocycles. The molecule has 3 heterocycles. The van der Waals surface area contributed by atoms with Gasteiger partial charge in [0, 0.05) is 35.7 Å². The number of benzene rings is 1. The van der Waals surface area contributed by atoms with Crippen LogP contribution in [-0.4, -0.2) is 57.9 Å². The van der Waals surface area contributed by atoms with Gasteiger partial charge in [0.25, 0.3) is 6.43 Å². The molecule has 9 nitrogen and oxygen atoms in total. The third-order valence-corrected chi connectivity index (χ3v) is 8.81. The number of piperazine rings is 1. The predicted octanol–water partition coefficient (Wildman–Crippen LogP) is 3.09. The van der Waals surface area contributed by atoms with Crippen LogP contribution in [0.5, 0.6) is 0 Å². The van der Waals surface area contributed by atoms with Crippen LogP contribution in [0.4, 0.5) is 14.5 Å². The SMILES string of the molecule is C[C@H]1CN(c2cc(S(=O)(=O)NC3(C)CC3)cc3c2cnn3-c2nnc(C(F)F)s2)CC(C)(S)N1. The monoisotopic (exact) mass is 529 g/mol. The fourth-order valence-corrected chi connectivity index (χ4v) is 6.86. The summed E-state index contributed by atoms with van der Waals surface area (Å²) in [5, 5.41) is 15.6. The van der Waals surface area contributed by atoms with Gasteiger partial charge in [0.15, 0.2) is 5.01 Å². The Balaban J connectivity index is 1.67. The number of sulfonamides is 1. The smallest absolute Gasteiger partial charge is 0.291 e. The maximum absolute atomic E-state index is 13.3. The summed E-state index contributed by atoms with van der Waals surface area (Å²) in [5.74, 6) is 0. The zero-order valence-corrected chi connectivity index (χ0v) is 21.3. The fourth-order valence-electron chi connectivity index (χ4n) is 4.30. The van der Waals surface area contributed by atoms with Crippen molar-refractivity contribution in [3.63, 3.8) is 0 Å². The summed E-state index contributed by atoms with van der Waals surface area (Å²) in [4.78, 5) is 1.65. The summed E-state index contributed by atoms with van der Waals surface area (Å²) in [5.41, 5.74) is 0.674. The number of nitrogens with one attached hydrogen (secondary N) is 2. The summed E-state index contributed by atoms with van der Waals surface area (Å²) >= 11 is 5.44. The van der Waals surface area contributed by atoms with Crippen molar-refractivity contribution in [2.24, 2.45) is 0 Å². The lowest BCUT2D eigenvalue weighted by Gasteiger charge is -2.43. The van der Waals surface area contributed by atoms with Crippen molar-refractivity contribution in [2.45, 2.75) is 61.4 Å². The zero-order valence-electron chi connectivity index (χ0n) is 18.8. The van der Waals surface area contributed by atoms with Gasteiger partial charge >= 0.3 is 0 Å². The number of anilines is 1. The average molecular weight is 530 g/mol. The molecule has 1 aliphatic carbocycles. The van der Waals surface area contributed by atoms with E-state index in [1.165, 1.54) is 10.7 Å². The van der Waals surface area contributed by atoms with Crippen molar-refractivity contribution in [3.8, 4) is 5.13 Å². The van der Waals surface area contributed by atoms with Gasteiger partial charge < -0.3 is 4.90 Å². The molecule has 0 radical (unpaired) electrons. The molecule has 34 heavy (non-hydrogen) atoms. The number of fused-ring (bicyclic) bond motifs is 1. The lowest BCUT2D eigenvalue weighted by atomic mass is 10.1. The number of halogens is 2. The lowest BCUT2D eigenvalue weighted by Crippen LogP contribution is -2.60. The van der Waals surface area contributed by atoms with E-state index in [0.717, 1.165) is 12.8 Å². The molecule has 14 heteroatoms. The first-order chi connectivity index (χ1) is 15.9. The van der Waals surface area contributed by atoms with E-state index < -0.39 is 31.9 Å². The molecule has 1 saturated carbocycles. The Bertz CT molecular complexity index is 1350. The third-order valence-electron chi connectivity index (χ3n) is 6.02. The maximum Gasteiger partial charge on any atom is 0.291 e. The van der Waals surface area contributed by atoms with Crippen LogP contribution < -0.4 is 14.9 Å². The normalized spacial score (nSPS) is 24.8. The molecule has 184 valence electrons. The zero-order chi connectivity index (χ0) is 24.5. The van der Waals surface area contributed by atoms with Crippen LogP contribution in [-0.2, 0) is 10.0 Å². The van der Waals surface area contributed by atoms with Gasteiger partial charge in [-0.1, -0.05) is 11.3 Å². The van der Waals surface area contributed by atoms with E-state index >= 15 is 0 Å². The molecule has 2 aromatic heterocycles. The van der Waals surface area contributed by atoms with Gasteiger partial charge in [-0.05, 0) is 45.7 Å². The van der Waals surface area contributed by atoms with Gasteiger partial charge in [0.2, 0.25) is 15.2 Å². The third kappa shape index (κ3) is 4.53. The topological polar surface area (TPSA) is 105 Å². The Hall–Kier alpha value is -1.87. The van der Waals surface area contributed by atoms with Gasteiger partial charge in [-0.15, -0.1) is 10.2 Å². The molecule has 3 aromatic rings. The minimum Gasteiger partial charge on any atom is -0.367 e. The van der Waals surface area contributed by atoms with Crippen LogP contribution in [0.1, 0.15) is 45.0 Å². The van der Waals surface area contributed by atoms with Gasteiger partial charge in [-0.3, -0.25) is 5.32 Å². The number of hydrogen-bond donors (Lipinski definition) is 3. The standard InChI is InChI=1S/C20H25F2N7O2S3/c1-11-9-28(10-20(3,32)24-11)14-6-12(34(30,31)27-19(2)4-5-19)7-15-13(14)8-23-29(15)18-26-25-17(33-18)16(21)22/h6-8,11,16,24,27,32H,4-5,9-10H2,1-3H3/t11-,20?/m0/s1. The van der Waals surface area contributed by atoms with E-state index in [1.54, 1.807) is 12.3 Å². The summed E-state index contributed by atoms with van der Waals surface area (Å²) in [7, 11) is -3.84. The van der Waals surface area contributed by atoms with Gasteiger partial charge in [-0.25, -0.2) is 26.6 Å². The Morgan fingerprint density at radius 1 is 1.29 bits per heavy atom. The molecule has 0 amide bonds. The molecule has 1 unspecified atom stereocenters. The van der Waals surface area contributed by atoms with E-state index in [1.807, 2.05) is 20.8 Å². The Morgan fingerprint density at radius 2 is 2.03 bits per heavy atom. The highest BCUT2D eigenvalue weighted by Gasteiger charge is 2.42. The van der Waals surface area contributed by atoms with Crippen LogP contribution in [0, 0.1) is 0 Å². The molecule has 1 aromatic carbocycles. The lowest BCUT2D eigenvalue weighted by molar-refractivity contribution is 0.150. The van der Waals surface area contributed by atoms with Crippen molar-refractivity contribution in [1.29, 1.82) is 0 Å². The minimum atomic E-state index is -3.84. The summed E-state index contributed by atoms with van der Waals surface area (Å²) in [6.45, 7) is 7.00. The van der Waals surface area contributed by atoms with Crippen molar-refractivity contribution < 1.29 is 17.2 Å². The van der Waals surface area contributed by atoms with Gasteiger partial charge in [-0.2, -0.15) is 17.7 Å². The number of thiol groups is 1. The second kappa shape index (κ2) is 8.08. The molecule has 0 spiro atoms. The molecule has 2 fully saturated rings. The fraction of sp³-hybridized carbons (Fsp3) is 0.550. The molecule has 1 saturated heterocycles. The molecular formula is C20H25F2N7O2S3. The highest BCUT2D eigenvalue weighted by molar-refractivity contribution is 7.89. The number of aromatic nitrogens is 4. The molecule has 0 bridgehead atoms. The van der Waals surface area contributed by atoms with Gasteiger partial charge in [0.1, 0.15) is 0 Å². The first kappa shape index (κ1) is 23.9. The van der Waals surface area contributed by atoms with Crippen molar-refractivity contribution in [3.05, 3.63) is 23.3 Å². The highest BCUT2D eigenvalue weighted by atomic mass is 32.2. The Kier molecular flexibility index (Phi) is 5.67. The summed E-state index contributed by atoms with van der Waals surface area (Å²) in [6.07, 6.45) is 0.392. The van der Waals surface area contributed by atoms with Crippen molar-refractivity contribution >= 4 is 50.6 Å². The largest absolute Gasteiger partial charge is 0.367 e. The summed E-state index contributed by atoms with van der Waals surface area (Å²) < 4.78 is 57.0. The highest BCUT2D eigenvalue weighted by Crippen LogP contribution is 2.38. The number of alkyl halides is 2. The van der Waals surface area contributed by atoms with E-state index in [0.29, 0.717) is 41.0 Å². The van der Waals surface area contributed by atoms with Crippen LogP contribution in [0.25, 0.3) is 16.0 Å². The molecule has 2 aliphatic rings. The van der Waals surface area contributed by atoms with E-state index in [2.05, 4.69) is 30.2 Å². The van der Waals surface area contributed by atoms with E-state index in [4.69, 9.17) is 12.6 Å². The number of hydrogen-bond acceptors (Lipinski definition) is 9. The predicted molar refractivity (Wildman–Crippen MR) is 130 cm³/mol. The average Bonchev–Trinajstić information content (AvgIpc) is 3.13. The minimum absolute atomic E-state index is 0.0792. The Morgan fingerprint density at radius 3 is 2.65 bits per heavy atom. The first-order valence-corrected chi connectivity index (χ1v) is 13.5. The second-order valence-electron chi connectivity index (χ2n) is 9.52. The van der Waals surface area contributed by atoms with E-state index in [9.17, 15) is 17.2 Å². The Labute approximate surface area is 205 Å². The number of rotatable bonds is 6. The van der Waals surface area contributed by atoms with Crippen LogP contribution in [0.3, 0.4) is 0 Å². The quantitative estimate of drug-likeness (QED) is 0.422. The molecular weight excluding hydrogens is 504 g/mol. The van der Waals surface area contributed by atoms with Crippen LogP contribution in [0.15, 0.2) is 23.2 Å².